The summed E-state index contributed by atoms with van der Waals surface area (Å²) in [6.07, 6.45) is 0. The van der Waals surface area contributed by atoms with E-state index in [9.17, 15) is 4.39 Å². The minimum Gasteiger partial charge on any atom is -0.377 e. The molecule has 1 saturated heterocycles. The molecule has 2 nitrogen and oxygen atoms in total. The van der Waals surface area contributed by atoms with Gasteiger partial charge >= 0.3 is 0 Å². The molecule has 1 heterocycles. The zero-order chi connectivity index (χ0) is 9.26. The largest absolute Gasteiger partial charge is 0.377 e. The zero-order valence-corrected chi connectivity index (χ0v) is 9.05. The molecule has 0 bridgehead atoms. The molecule has 0 unspecified atom stereocenters. The van der Waals surface area contributed by atoms with Crippen molar-refractivity contribution in [1.29, 1.82) is 0 Å². The molecule has 13 heavy (non-hydrogen) atoms. The Hall–Kier alpha value is -0.360. The van der Waals surface area contributed by atoms with Crippen LogP contribution < -0.4 is 5.32 Å². The molecule has 1 aliphatic heterocycles. The van der Waals surface area contributed by atoms with Gasteiger partial charge in [0.15, 0.2) is 0 Å². The highest BCUT2D eigenvalue weighted by atomic mass is 127. The first kappa shape index (κ1) is 9.21. The molecule has 0 aromatic heterocycles. The number of rotatable bonds is 2. The predicted octanol–water partition coefficient (Wildman–Crippen LogP) is 2.24. The molecular weight excluding hydrogens is 284 g/mol. The third-order valence-electron chi connectivity index (χ3n) is 1.95. The van der Waals surface area contributed by atoms with E-state index in [1.165, 1.54) is 6.07 Å². The van der Waals surface area contributed by atoms with E-state index in [1.807, 2.05) is 28.7 Å². The van der Waals surface area contributed by atoms with Crippen molar-refractivity contribution in [2.45, 2.75) is 6.04 Å². The maximum absolute atomic E-state index is 13.1. The van der Waals surface area contributed by atoms with Crippen molar-refractivity contribution in [3.63, 3.8) is 0 Å². The second-order valence-electron chi connectivity index (χ2n) is 2.98. The van der Waals surface area contributed by atoms with E-state index in [0.29, 0.717) is 22.8 Å². The average molecular weight is 293 g/mol. The van der Waals surface area contributed by atoms with E-state index in [4.69, 9.17) is 4.74 Å². The summed E-state index contributed by atoms with van der Waals surface area (Å²) in [5.74, 6) is -0.175. The first-order chi connectivity index (χ1) is 6.27. The Morgan fingerprint density at radius 1 is 1.46 bits per heavy atom. The smallest absolute Gasteiger partial charge is 0.138 e. The standard InChI is InChI=1S/C9H9FINO/c10-7-2-1-3-8(9(7)11)12-6-4-13-5-6/h1-3,6,12H,4-5H2. The molecule has 1 aliphatic rings. The predicted molar refractivity (Wildman–Crippen MR) is 57.3 cm³/mol. The molecule has 4 heteroatoms. The monoisotopic (exact) mass is 293 g/mol. The molecule has 0 spiro atoms. The van der Waals surface area contributed by atoms with E-state index < -0.39 is 0 Å². The van der Waals surface area contributed by atoms with Gasteiger partial charge in [0.1, 0.15) is 5.82 Å². The maximum Gasteiger partial charge on any atom is 0.138 e. The summed E-state index contributed by atoms with van der Waals surface area (Å²) < 4.78 is 18.7. The van der Waals surface area contributed by atoms with E-state index in [0.717, 1.165) is 5.69 Å². The van der Waals surface area contributed by atoms with Crippen LogP contribution in [0.25, 0.3) is 0 Å². The third kappa shape index (κ3) is 1.94. The fraction of sp³-hybridized carbons (Fsp3) is 0.333. The summed E-state index contributed by atoms with van der Waals surface area (Å²) >= 11 is 2.00. The molecule has 0 aliphatic carbocycles. The van der Waals surface area contributed by atoms with Gasteiger partial charge in [-0.3, -0.25) is 0 Å². The number of anilines is 1. The van der Waals surface area contributed by atoms with Crippen molar-refractivity contribution in [3.05, 3.63) is 27.6 Å². The molecule has 70 valence electrons. The second-order valence-corrected chi connectivity index (χ2v) is 4.06. The Morgan fingerprint density at radius 3 is 2.85 bits per heavy atom. The molecule has 1 fully saturated rings. The minimum atomic E-state index is -0.175. The lowest BCUT2D eigenvalue weighted by Gasteiger charge is -2.28. The lowest BCUT2D eigenvalue weighted by Crippen LogP contribution is -2.40. The Labute approximate surface area is 89.6 Å². The summed E-state index contributed by atoms with van der Waals surface area (Å²) in [7, 11) is 0. The van der Waals surface area contributed by atoms with Crippen molar-refractivity contribution in [2.75, 3.05) is 18.5 Å². The summed E-state index contributed by atoms with van der Waals surface area (Å²) in [4.78, 5) is 0. The molecule has 0 atom stereocenters. The van der Waals surface area contributed by atoms with Gasteiger partial charge in [-0.15, -0.1) is 0 Å². The quantitative estimate of drug-likeness (QED) is 0.844. The van der Waals surface area contributed by atoms with Crippen LogP contribution in [0.1, 0.15) is 0 Å². The summed E-state index contributed by atoms with van der Waals surface area (Å²) in [6.45, 7) is 1.43. The van der Waals surface area contributed by atoms with E-state index >= 15 is 0 Å². The van der Waals surface area contributed by atoms with Crippen molar-refractivity contribution < 1.29 is 9.13 Å². The SMILES string of the molecule is Fc1cccc(NC2COC2)c1I. The van der Waals surface area contributed by atoms with Gasteiger partial charge < -0.3 is 10.1 Å². The number of benzene rings is 1. The molecule has 0 saturated carbocycles. The second kappa shape index (κ2) is 3.79. The van der Waals surface area contributed by atoms with E-state index in [1.54, 1.807) is 6.07 Å². The van der Waals surface area contributed by atoms with Gasteiger partial charge in [0, 0.05) is 0 Å². The first-order valence-electron chi connectivity index (χ1n) is 4.05. The van der Waals surface area contributed by atoms with Crippen LogP contribution in [0, 0.1) is 9.39 Å². The first-order valence-corrected chi connectivity index (χ1v) is 5.13. The zero-order valence-electron chi connectivity index (χ0n) is 6.89. The van der Waals surface area contributed by atoms with Crippen molar-refractivity contribution in [2.24, 2.45) is 0 Å². The normalized spacial score (nSPS) is 16.8. The summed E-state index contributed by atoms with van der Waals surface area (Å²) in [5.41, 5.74) is 0.855. The van der Waals surface area contributed by atoms with Crippen LogP contribution in [0.2, 0.25) is 0 Å². The van der Waals surface area contributed by atoms with Crippen molar-refractivity contribution in [3.8, 4) is 0 Å². The molecule has 0 amide bonds. The fourth-order valence-electron chi connectivity index (χ4n) is 1.15. The number of ether oxygens (including phenoxy) is 1. The highest BCUT2D eigenvalue weighted by Gasteiger charge is 2.19. The van der Waals surface area contributed by atoms with Gasteiger partial charge in [-0.2, -0.15) is 0 Å². The lowest BCUT2D eigenvalue weighted by atomic mass is 10.2. The van der Waals surface area contributed by atoms with Crippen LogP contribution in [-0.2, 0) is 4.74 Å². The van der Waals surface area contributed by atoms with Crippen LogP contribution in [0.3, 0.4) is 0 Å². The minimum absolute atomic E-state index is 0.175. The number of hydrogen-bond donors (Lipinski definition) is 1. The van der Waals surface area contributed by atoms with Gasteiger partial charge in [-0.05, 0) is 34.7 Å². The fourth-order valence-corrected chi connectivity index (χ4v) is 1.67. The summed E-state index contributed by atoms with van der Waals surface area (Å²) in [5, 5.41) is 3.21. The van der Waals surface area contributed by atoms with Crippen molar-refractivity contribution >= 4 is 28.3 Å². The Kier molecular flexibility index (Phi) is 2.69. The molecule has 2 rings (SSSR count). The average Bonchev–Trinajstić information content (AvgIpc) is 2.04. The molecule has 1 aromatic carbocycles. The van der Waals surface area contributed by atoms with E-state index in [2.05, 4.69) is 5.32 Å². The Morgan fingerprint density at radius 2 is 2.23 bits per heavy atom. The van der Waals surface area contributed by atoms with Gasteiger partial charge in [-0.25, -0.2) is 4.39 Å². The molecule has 1 N–H and O–H groups in total. The Balaban J connectivity index is 2.14. The topological polar surface area (TPSA) is 21.3 Å². The number of nitrogens with one attached hydrogen (secondary N) is 1. The molecular formula is C9H9FINO. The lowest BCUT2D eigenvalue weighted by molar-refractivity contribution is 0.0210. The molecule has 1 aromatic rings. The Bertz CT molecular complexity index is 314. The van der Waals surface area contributed by atoms with Gasteiger partial charge in [0.05, 0.1) is 28.5 Å². The van der Waals surface area contributed by atoms with Crippen LogP contribution in [0.4, 0.5) is 10.1 Å². The van der Waals surface area contributed by atoms with E-state index in [-0.39, 0.29) is 5.82 Å². The van der Waals surface area contributed by atoms with Crippen LogP contribution in [0.15, 0.2) is 18.2 Å². The van der Waals surface area contributed by atoms with Crippen LogP contribution in [-0.4, -0.2) is 19.3 Å². The van der Waals surface area contributed by atoms with Crippen LogP contribution >= 0.6 is 22.6 Å². The van der Waals surface area contributed by atoms with Crippen molar-refractivity contribution in [1.82, 2.24) is 0 Å². The van der Waals surface area contributed by atoms with Gasteiger partial charge in [0.2, 0.25) is 0 Å². The highest BCUT2D eigenvalue weighted by Crippen LogP contribution is 2.22. The highest BCUT2D eigenvalue weighted by molar-refractivity contribution is 14.1. The van der Waals surface area contributed by atoms with Crippen LogP contribution in [0.5, 0.6) is 0 Å². The number of halogens is 2. The molecule has 0 radical (unpaired) electrons. The third-order valence-corrected chi connectivity index (χ3v) is 3.05. The van der Waals surface area contributed by atoms with Gasteiger partial charge in [-0.1, -0.05) is 6.07 Å². The van der Waals surface area contributed by atoms with Gasteiger partial charge in [0.25, 0.3) is 0 Å². The summed E-state index contributed by atoms with van der Waals surface area (Å²) in [6, 6.07) is 5.39. The maximum atomic E-state index is 13.1. The number of hydrogen-bond acceptors (Lipinski definition) is 2.